The third-order valence-electron chi connectivity index (χ3n) is 3.39. The summed E-state index contributed by atoms with van der Waals surface area (Å²) in [7, 11) is 1.68. The van der Waals surface area contributed by atoms with Gasteiger partial charge in [-0.2, -0.15) is 0 Å². The van der Waals surface area contributed by atoms with Gasteiger partial charge in [0.2, 0.25) is 5.91 Å². The number of methoxy groups -OCH3 is 1. The molecule has 1 heterocycles. The van der Waals surface area contributed by atoms with E-state index < -0.39 is 0 Å². The van der Waals surface area contributed by atoms with Crippen LogP contribution in [0.3, 0.4) is 0 Å². The second kappa shape index (κ2) is 8.48. The fraction of sp³-hybridized carbons (Fsp3) is 0.923. The number of nitrogens with zero attached hydrogens (tertiary/aromatic N) is 1. The van der Waals surface area contributed by atoms with Gasteiger partial charge in [-0.1, -0.05) is 6.92 Å². The zero-order valence-corrected chi connectivity index (χ0v) is 11.2. The van der Waals surface area contributed by atoms with Crippen molar-refractivity contribution < 1.29 is 9.53 Å². The van der Waals surface area contributed by atoms with E-state index in [2.05, 4.69) is 12.2 Å². The third-order valence-corrected chi connectivity index (χ3v) is 3.39. The molecule has 1 fully saturated rings. The molecular weight excluding hydrogens is 216 g/mol. The molecule has 1 N–H and O–H groups in total. The topological polar surface area (TPSA) is 41.6 Å². The van der Waals surface area contributed by atoms with E-state index in [9.17, 15) is 4.79 Å². The Bertz CT molecular complexity index is 213. The van der Waals surface area contributed by atoms with Crippen LogP contribution in [0.4, 0.5) is 0 Å². The van der Waals surface area contributed by atoms with Gasteiger partial charge in [0.15, 0.2) is 0 Å². The molecule has 1 rings (SSSR count). The van der Waals surface area contributed by atoms with Gasteiger partial charge in [0.1, 0.15) is 0 Å². The Morgan fingerprint density at radius 2 is 2.12 bits per heavy atom. The van der Waals surface area contributed by atoms with Crippen LogP contribution in [0.2, 0.25) is 0 Å². The largest absolute Gasteiger partial charge is 0.385 e. The van der Waals surface area contributed by atoms with Crippen molar-refractivity contribution in [3.05, 3.63) is 0 Å². The number of hydrogen-bond donors (Lipinski definition) is 1. The lowest BCUT2D eigenvalue weighted by Crippen LogP contribution is -2.40. The van der Waals surface area contributed by atoms with Crippen LogP contribution in [-0.4, -0.2) is 50.7 Å². The molecule has 100 valence electrons. The van der Waals surface area contributed by atoms with Crippen molar-refractivity contribution in [3.63, 3.8) is 0 Å². The number of likely N-dealkylation sites (tertiary alicyclic amines) is 1. The number of hydrogen-bond acceptors (Lipinski definition) is 3. The van der Waals surface area contributed by atoms with E-state index in [0.717, 1.165) is 51.4 Å². The van der Waals surface area contributed by atoms with Crippen molar-refractivity contribution in [1.29, 1.82) is 0 Å². The van der Waals surface area contributed by atoms with Crippen molar-refractivity contribution in [2.75, 3.05) is 39.9 Å². The molecule has 0 aliphatic carbocycles. The van der Waals surface area contributed by atoms with E-state index in [1.54, 1.807) is 7.11 Å². The van der Waals surface area contributed by atoms with Gasteiger partial charge in [-0.3, -0.25) is 4.79 Å². The van der Waals surface area contributed by atoms with Gasteiger partial charge in [0.05, 0.1) is 0 Å². The fourth-order valence-electron chi connectivity index (χ4n) is 2.26. The smallest absolute Gasteiger partial charge is 0.222 e. The molecule has 0 atom stereocenters. The quantitative estimate of drug-likeness (QED) is 0.683. The zero-order valence-electron chi connectivity index (χ0n) is 11.2. The Kier molecular flexibility index (Phi) is 7.21. The first kappa shape index (κ1) is 14.5. The number of rotatable bonds is 7. The second-order valence-electron chi connectivity index (χ2n) is 4.73. The Hall–Kier alpha value is -0.610. The van der Waals surface area contributed by atoms with Gasteiger partial charge >= 0.3 is 0 Å². The standard InChI is InChI=1S/C13H26N2O2/c1-3-14-11-12-6-8-15(9-7-12)13(16)5-4-10-17-2/h12,14H,3-11H2,1-2H3. The predicted molar refractivity (Wildman–Crippen MR) is 69.0 cm³/mol. The summed E-state index contributed by atoms with van der Waals surface area (Å²) in [5, 5.41) is 3.38. The first-order chi connectivity index (χ1) is 8.27. The maximum absolute atomic E-state index is 11.8. The average molecular weight is 242 g/mol. The summed E-state index contributed by atoms with van der Waals surface area (Å²) < 4.78 is 4.96. The Morgan fingerprint density at radius 1 is 1.41 bits per heavy atom. The zero-order chi connectivity index (χ0) is 12.5. The molecule has 0 unspecified atom stereocenters. The molecule has 1 amide bonds. The lowest BCUT2D eigenvalue weighted by Gasteiger charge is -2.32. The van der Waals surface area contributed by atoms with Crippen LogP contribution in [0.15, 0.2) is 0 Å². The summed E-state index contributed by atoms with van der Waals surface area (Å²) in [5.41, 5.74) is 0. The van der Waals surface area contributed by atoms with Gasteiger partial charge < -0.3 is 15.0 Å². The first-order valence-electron chi connectivity index (χ1n) is 6.75. The minimum absolute atomic E-state index is 0.295. The molecule has 1 aliphatic rings. The van der Waals surface area contributed by atoms with Crippen LogP contribution in [0.5, 0.6) is 0 Å². The summed E-state index contributed by atoms with van der Waals surface area (Å²) in [6, 6.07) is 0. The second-order valence-corrected chi connectivity index (χ2v) is 4.73. The highest BCUT2D eigenvalue weighted by Crippen LogP contribution is 2.17. The van der Waals surface area contributed by atoms with Crippen LogP contribution in [0, 0.1) is 5.92 Å². The molecule has 1 saturated heterocycles. The van der Waals surface area contributed by atoms with Crippen molar-refractivity contribution in [2.45, 2.75) is 32.6 Å². The highest BCUT2D eigenvalue weighted by atomic mass is 16.5. The fourth-order valence-corrected chi connectivity index (χ4v) is 2.26. The van der Waals surface area contributed by atoms with Crippen LogP contribution in [0.1, 0.15) is 32.6 Å². The third kappa shape index (κ3) is 5.50. The lowest BCUT2D eigenvalue weighted by molar-refractivity contribution is -0.132. The SMILES string of the molecule is CCNCC1CCN(C(=O)CCCOC)CC1. The van der Waals surface area contributed by atoms with Crippen LogP contribution >= 0.6 is 0 Å². The normalized spacial score (nSPS) is 17.4. The van der Waals surface area contributed by atoms with Crippen LogP contribution in [-0.2, 0) is 9.53 Å². The summed E-state index contributed by atoms with van der Waals surface area (Å²) in [6.07, 6.45) is 3.75. The number of nitrogens with one attached hydrogen (secondary N) is 1. The van der Waals surface area contributed by atoms with Crippen LogP contribution in [0.25, 0.3) is 0 Å². The summed E-state index contributed by atoms with van der Waals surface area (Å²) in [4.78, 5) is 13.9. The summed E-state index contributed by atoms with van der Waals surface area (Å²) in [5.74, 6) is 1.04. The van der Waals surface area contributed by atoms with Crippen LogP contribution < -0.4 is 5.32 Å². The Labute approximate surface area is 105 Å². The molecule has 4 heteroatoms. The molecule has 0 saturated carbocycles. The number of carbonyl (C=O) groups excluding carboxylic acids is 1. The maximum atomic E-state index is 11.8. The predicted octanol–water partition coefficient (Wildman–Crippen LogP) is 1.26. The van der Waals surface area contributed by atoms with E-state index in [4.69, 9.17) is 4.74 Å². The summed E-state index contributed by atoms with van der Waals surface area (Å²) in [6.45, 7) is 6.82. The molecule has 0 aromatic heterocycles. The Balaban J connectivity index is 2.15. The van der Waals surface area contributed by atoms with Crippen molar-refractivity contribution in [2.24, 2.45) is 5.92 Å². The Morgan fingerprint density at radius 3 is 2.71 bits per heavy atom. The molecule has 0 spiro atoms. The molecule has 0 aromatic rings. The van der Waals surface area contributed by atoms with Gasteiger partial charge in [0, 0.05) is 33.2 Å². The number of carbonyl (C=O) groups is 1. The van der Waals surface area contributed by atoms with Crippen molar-refractivity contribution in [3.8, 4) is 0 Å². The molecule has 4 nitrogen and oxygen atoms in total. The van der Waals surface area contributed by atoms with E-state index >= 15 is 0 Å². The molecule has 0 bridgehead atoms. The molecule has 17 heavy (non-hydrogen) atoms. The minimum Gasteiger partial charge on any atom is -0.385 e. The van der Waals surface area contributed by atoms with E-state index in [1.807, 2.05) is 4.90 Å². The molecule has 0 radical (unpaired) electrons. The van der Waals surface area contributed by atoms with E-state index in [-0.39, 0.29) is 0 Å². The van der Waals surface area contributed by atoms with Crippen molar-refractivity contribution >= 4 is 5.91 Å². The van der Waals surface area contributed by atoms with Gasteiger partial charge in [-0.05, 0) is 38.3 Å². The van der Waals surface area contributed by atoms with Gasteiger partial charge in [0.25, 0.3) is 0 Å². The lowest BCUT2D eigenvalue weighted by atomic mass is 9.96. The number of piperidine rings is 1. The minimum atomic E-state index is 0.295. The van der Waals surface area contributed by atoms with E-state index in [1.165, 1.54) is 0 Å². The molecule has 0 aromatic carbocycles. The van der Waals surface area contributed by atoms with Crippen molar-refractivity contribution in [1.82, 2.24) is 10.2 Å². The number of ether oxygens (including phenoxy) is 1. The molecular formula is C13H26N2O2. The number of amides is 1. The average Bonchev–Trinajstić information content (AvgIpc) is 2.37. The van der Waals surface area contributed by atoms with E-state index in [0.29, 0.717) is 18.9 Å². The highest BCUT2D eigenvalue weighted by molar-refractivity contribution is 5.76. The van der Waals surface area contributed by atoms with Gasteiger partial charge in [-0.15, -0.1) is 0 Å². The highest BCUT2D eigenvalue weighted by Gasteiger charge is 2.21. The first-order valence-corrected chi connectivity index (χ1v) is 6.75. The van der Waals surface area contributed by atoms with Gasteiger partial charge in [-0.25, -0.2) is 0 Å². The monoisotopic (exact) mass is 242 g/mol. The maximum Gasteiger partial charge on any atom is 0.222 e. The summed E-state index contributed by atoms with van der Waals surface area (Å²) >= 11 is 0. The molecule has 1 aliphatic heterocycles.